The highest BCUT2D eigenvalue weighted by Crippen LogP contribution is 2.28. The fourth-order valence-corrected chi connectivity index (χ4v) is 1.91. The molecule has 0 saturated carbocycles. The molecular weight excluding hydrogens is 216 g/mol. The molecule has 88 valence electrons. The highest BCUT2D eigenvalue weighted by Gasteiger charge is 2.23. The summed E-state index contributed by atoms with van der Waals surface area (Å²) in [5.74, 6) is -1.81. The molecule has 2 atom stereocenters. The smallest absolute Gasteiger partial charge is 0.309 e. The van der Waals surface area contributed by atoms with Gasteiger partial charge in [0, 0.05) is 0 Å². The van der Waals surface area contributed by atoms with Crippen molar-refractivity contribution in [2.75, 3.05) is 0 Å². The summed E-state index contributed by atoms with van der Waals surface area (Å²) in [6.45, 7) is 1.51. The third-order valence-electron chi connectivity index (χ3n) is 3.01. The first-order valence-corrected chi connectivity index (χ1v) is 5.50. The Hall–Kier alpha value is -1.87. The Morgan fingerprint density at radius 3 is 2.47 bits per heavy atom. The fraction of sp³-hybridized carbons (Fsp3) is 0.214. The van der Waals surface area contributed by atoms with Crippen LogP contribution in [0, 0.1) is 5.92 Å². The maximum atomic E-state index is 10.9. The Labute approximate surface area is 99.3 Å². The van der Waals surface area contributed by atoms with E-state index in [1.54, 1.807) is 6.07 Å². The molecule has 0 aliphatic carbocycles. The van der Waals surface area contributed by atoms with Crippen LogP contribution in [0.5, 0.6) is 0 Å². The van der Waals surface area contributed by atoms with Gasteiger partial charge in [-0.15, -0.1) is 0 Å². The normalized spacial score (nSPS) is 14.5. The Bertz CT molecular complexity index is 543. The van der Waals surface area contributed by atoms with Crippen molar-refractivity contribution < 1.29 is 15.0 Å². The summed E-state index contributed by atoms with van der Waals surface area (Å²) in [4.78, 5) is 10.9. The molecule has 3 heteroatoms. The quantitative estimate of drug-likeness (QED) is 0.852. The molecule has 0 spiro atoms. The number of aliphatic carboxylic acids is 1. The number of rotatable bonds is 3. The zero-order valence-electron chi connectivity index (χ0n) is 9.50. The summed E-state index contributed by atoms with van der Waals surface area (Å²) in [7, 11) is 0. The minimum atomic E-state index is -0.995. The first kappa shape index (κ1) is 11.6. The predicted molar refractivity (Wildman–Crippen MR) is 65.7 cm³/mol. The van der Waals surface area contributed by atoms with E-state index in [1.807, 2.05) is 36.4 Å². The van der Waals surface area contributed by atoms with Crippen LogP contribution in [0.4, 0.5) is 0 Å². The minimum Gasteiger partial charge on any atom is -0.481 e. The first-order valence-electron chi connectivity index (χ1n) is 5.50. The lowest BCUT2D eigenvalue weighted by Crippen LogP contribution is -2.18. The molecule has 2 rings (SSSR count). The second kappa shape index (κ2) is 4.55. The molecule has 0 amide bonds. The SMILES string of the molecule is C[C@@H](C(=O)O)[C@@H](O)c1cccc2ccccc12. The average Bonchev–Trinajstić information content (AvgIpc) is 2.36. The molecule has 2 aromatic carbocycles. The lowest BCUT2D eigenvalue weighted by atomic mass is 9.93. The van der Waals surface area contributed by atoms with Crippen LogP contribution in [0.1, 0.15) is 18.6 Å². The van der Waals surface area contributed by atoms with E-state index in [4.69, 9.17) is 5.11 Å². The molecular formula is C14H14O3. The van der Waals surface area contributed by atoms with Gasteiger partial charge in [0.25, 0.3) is 0 Å². The summed E-state index contributed by atoms with van der Waals surface area (Å²) < 4.78 is 0. The highest BCUT2D eigenvalue weighted by atomic mass is 16.4. The lowest BCUT2D eigenvalue weighted by molar-refractivity contribution is -0.144. The second-order valence-electron chi connectivity index (χ2n) is 4.14. The number of fused-ring (bicyclic) bond motifs is 1. The van der Waals surface area contributed by atoms with Gasteiger partial charge in [-0.2, -0.15) is 0 Å². The number of hydrogen-bond acceptors (Lipinski definition) is 2. The number of carbonyl (C=O) groups is 1. The van der Waals surface area contributed by atoms with Crippen LogP contribution in [-0.2, 0) is 4.79 Å². The first-order chi connectivity index (χ1) is 8.11. The van der Waals surface area contributed by atoms with E-state index < -0.39 is 18.0 Å². The van der Waals surface area contributed by atoms with Crippen molar-refractivity contribution in [2.24, 2.45) is 5.92 Å². The number of benzene rings is 2. The molecule has 0 aliphatic rings. The Balaban J connectivity index is 2.52. The highest BCUT2D eigenvalue weighted by molar-refractivity contribution is 5.86. The number of aliphatic hydroxyl groups is 1. The Morgan fingerprint density at radius 2 is 1.76 bits per heavy atom. The van der Waals surface area contributed by atoms with Gasteiger partial charge in [0.1, 0.15) is 0 Å². The van der Waals surface area contributed by atoms with Crippen LogP contribution < -0.4 is 0 Å². The van der Waals surface area contributed by atoms with Crippen LogP contribution in [0.15, 0.2) is 42.5 Å². The maximum absolute atomic E-state index is 10.9. The van der Waals surface area contributed by atoms with Crippen molar-refractivity contribution in [3.63, 3.8) is 0 Å². The van der Waals surface area contributed by atoms with Crippen molar-refractivity contribution in [3.8, 4) is 0 Å². The molecule has 0 radical (unpaired) electrons. The van der Waals surface area contributed by atoms with Gasteiger partial charge in [-0.25, -0.2) is 0 Å². The largest absolute Gasteiger partial charge is 0.481 e. The van der Waals surface area contributed by atoms with Crippen molar-refractivity contribution in [1.82, 2.24) is 0 Å². The van der Waals surface area contributed by atoms with Gasteiger partial charge in [0.05, 0.1) is 12.0 Å². The maximum Gasteiger partial charge on any atom is 0.309 e. The Morgan fingerprint density at radius 1 is 1.12 bits per heavy atom. The Kier molecular flexibility index (Phi) is 3.11. The van der Waals surface area contributed by atoms with E-state index in [0.29, 0.717) is 5.56 Å². The van der Waals surface area contributed by atoms with Crippen LogP contribution in [0.3, 0.4) is 0 Å². The average molecular weight is 230 g/mol. The van der Waals surface area contributed by atoms with Crippen molar-refractivity contribution in [2.45, 2.75) is 13.0 Å². The fourth-order valence-electron chi connectivity index (χ4n) is 1.91. The molecule has 17 heavy (non-hydrogen) atoms. The molecule has 3 nitrogen and oxygen atoms in total. The van der Waals surface area contributed by atoms with Crippen LogP contribution in [-0.4, -0.2) is 16.2 Å². The molecule has 0 saturated heterocycles. The molecule has 2 aromatic rings. The van der Waals surface area contributed by atoms with Gasteiger partial charge >= 0.3 is 5.97 Å². The molecule has 0 fully saturated rings. The van der Waals surface area contributed by atoms with E-state index >= 15 is 0 Å². The van der Waals surface area contributed by atoms with E-state index in [2.05, 4.69) is 0 Å². The van der Waals surface area contributed by atoms with Crippen molar-refractivity contribution >= 4 is 16.7 Å². The van der Waals surface area contributed by atoms with Gasteiger partial charge in [-0.3, -0.25) is 4.79 Å². The van der Waals surface area contributed by atoms with E-state index in [-0.39, 0.29) is 0 Å². The van der Waals surface area contributed by atoms with E-state index in [1.165, 1.54) is 6.92 Å². The van der Waals surface area contributed by atoms with Gasteiger partial charge < -0.3 is 10.2 Å². The minimum absolute atomic E-state index is 0.665. The molecule has 0 heterocycles. The van der Waals surface area contributed by atoms with Crippen LogP contribution >= 0.6 is 0 Å². The molecule has 2 N–H and O–H groups in total. The summed E-state index contributed by atoms with van der Waals surface area (Å²) in [6.07, 6.45) is -0.987. The van der Waals surface area contributed by atoms with Gasteiger partial charge in [0.15, 0.2) is 0 Å². The van der Waals surface area contributed by atoms with Gasteiger partial charge in [0.2, 0.25) is 0 Å². The third-order valence-corrected chi connectivity index (χ3v) is 3.01. The summed E-state index contributed by atoms with van der Waals surface area (Å²) >= 11 is 0. The molecule has 0 bridgehead atoms. The second-order valence-corrected chi connectivity index (χ2v) is 4.14. The lowest BCUT2D eigenvalue weighted by Gasteiger charge is -2.17. The number of aliphatic hydroxyl groups excluding tert-OH is 1. The topological polar surface area (TPSA) is 57.5 Å². The van der Waals surface area contributed by atoms with Crippen molar-refractivity contribution in [1.29, 1.82) is 0 Å². The van der Waals surface area contributed by atoms with E-state index in [0.717, 1.165) is 10.8 Å². The van der Waals surface area contributed by atoms with Crippen LogP contribution in [0.2, 0.25) is 0 Å². The zero-order valence-corrected chi connectivity index (χ0v) is 9.50. The standard InChI is InChI=1S/C14H14O3/c1-9(14(16)17)13(15)12-8-4-6-10-5-2-3-7-11(10)12/h2-9,13,15H,1H3,(H,16,17)/t9-,13-/m1/s1. The zero-order chi connectivity index (χ0) is 12.4. The molecule has 0 aliphatic heterocycles. The number of carboxylic acids is 1. The monoisotopic (exact) mass is 230 g/mol. The summed E-state index contributed by atoms with van der Waals surface area (Å²) in [5.41, 5.74) is 0.665. The molecule has 0 aromatic heterocycles. The van der Waals surface area contributed by atoms with Crippen molar-refractivity contribution in [3.05, 3.63) is 48.0 Å². The summed E-state index contributed by atoms with van der Waals surface area (Å²) in [5, 5.41) is 20.9. The predicted octanol–water partition coefficient (Wildman–Crippen LogP) is 2.59. The van der Waals surface area contributed by atoms with Gasteiger partial charge in [-0.05, 0) is 23.3 Å². The number of carboxylic acid groups (broad SMARTS) is 1. The number of hydrogen-bond donors (Lipinski definition) is 2. The molecule has 0 unspecified atom stereocenters. The van der Waals surface area contributed by atoms with E-state index in [9.17, 15) is 9.90 Å². The third kappa shape index (κ3) is 2.15. The van der Waals surface area contributed by atoms with Gasteiger partial charge in [-0.1, -0.05) is 42.5 Å². The summed E-state index contributed by atoms with van der Waals surface area (Å²) in [6, 6.07) is 13.2. The van der Waals surface area contributed by atoms with Crippen LogP contribution in [0.25, 0.3) is 10.8 Å².